The molecule has 0 unspecified atom stereocenters. The summed E-state index contributed by atoms with van der Waals surface area (Å²) >= 11 is 0. The van der Waals surface area contributed by atoms with Gasteiger partial charge in [-0.05, 0) is 25.2 Å². The zero-order chi connectivity index (χ0) is 43.1. The maximum absolute atomic E-state index is 12.8. The molecule has 0 rings (SSSR count). The first-order valence-electron chi connectivity index (χ1n) is 26.4. The highest BCUT2D eigenvalue weighted by atomic mass is 16.6. The molecule has 0 amide bonds. The van der Waals surface area contributed by atoms with E-state index in [9.17, 15) is 14.4 Å². The number of ether oxygens (including phenoxy) is 3. The van der Waals surface area contributed by atoms with Crippen LogP contribution < -0.4 is 0 Å². The molecule has 0 aliphatic carbocycles. The molecule has 1 atom stereocenters. The summed E-state index contributed by atoms with van der Waals surface area (Å²) in [6.07, 6.45) is 49.5. The van der Waals surface area contributed by atoms with Gasteiger partial charge < -0.3 is 14.2 Å². The molecule has 0 aromatic heterocycles. The fourth-order valence-corrected chi connectivity index (χ4v) is 8.04. The molecule has 0 aromatic carbocycles. The number of hydrogen-bond donors (Lipinski definition) is 0. The standard InChI is InChI=1S/C53H102O6/c1-5-7-9-11-13-15-16-21-26-30-34-38-42-46-53(56)59-50(47-57-51(54)44-40-36-32-27-14-12-10-8-6-2)48-58-52(55)45-41-37-33-29-25-23-20-18-17-19-22-24-28-31-35-39-43-49(3)4/h49-50H,5-48H2,1-4H3/t50-/m1/s1. The fourth-order valence-electron chi connectivity index (χ4n) is 8.04. The number of rotatable bonds is 48. The van der Waals surface area contributed by atoms with Crippen molar-refractivity contribution >= 4 is 17.9 Å². The minimum atomic E-state index is -0.759. The summed E-state index contributed by atoms with van der Waals surface area (Å²) in [6.45, 7) is 9.03. The van der Waals surface area contributed by atoms with Crippen LogP contribution >= 0.6 is 0 Å². The number of hydrogen-bond acceptors (Lipinski definition) is 6. The highest BCUT2D eigenvalue weighted by Crippen LogP contribution is 2.17. The SMILES string of the molecule is CCCCCCCCCCCCCCCC(=O)O[C@H](COC(=O)CCCCCCCCCCC)COC(=O)CCCCCCCCCCCCCCCCCCC(C)C. The van der Waals surface area contributed by atoms with Crippen LogP contribution in [0.3, 0.4) is 0 Å². The van der Waals surface area contributed by atoms with Gasteiger partial charge in [0, 0.05) is 19.3 Å². The number of carbonyl (C=O) groups excluding carboxylic acids is 3. The molecule has 0 saturated carbocycles. The van der Waals surface area contributed by atoms with E-state index in [1.807, 2.05) is 0 Å². The quantitative estimate of drug-likeness (QED) is 0.0345. The third-order valence-corrected chi connectivity index (χ3v) is 12.0. The third kappa shape index (κ3) is 47.3. The van der Waals surface area contributed by atoms with Gasteiger partial charge in [-0.2, -0.15) is 0 Å². The molecule has 59 heavy (non-hydrogen) atoms. The van der Waals surface area contributed by atoms with Gasteiger partial charge in [0.25, 0.3) is 0 Å². The van der Waals surface area contributed by atoms with Gasteiger partial charge in [-0.1, -0.05) is 259 Å². The van der Waals surface area contributed by atoms with Crippen molar-refractivity contribution in [2.45, 2.75) is 303 Å². The molecule has 0 aliphatic rings. The van der Waals surface area contributed by atoms with Gasteiger partial charge in [0.05, 0.1) is 0 Å². The van der Waals surface area contributed by atoms with Gasteiger partial charge in [0.2, 0.25) is 0 Å². The first-order chi connectivity index (χ1) is 28.9. The first-order valence-corrected chi connectivity index (χ1v) is 26.4. The summed E-state index contributed by atoms with van der Waals surface area (Å²) in [5, 5.41) is 0. The van der Waals surface area contributed by atoms with Crippen LogP contribution in [-0.2, 0) is 28.6 Å². The molecular formula is C53H102O6. The van der Waals surface area contributed by atoms with Crippen LogP contribution in [0.25, 0.3) is 0 Å². The number of unbranched alkanes of at least 4 members (excludes halogenated alkanes) is 35. The molecule has 6 nitrogen and oxygen atoms in total. The second-order valence-electron chi connectivity index (χ2n) is 18.6. The van der Waals surface area contributed by atoms with E-state index < -0.39 is 6.10 Å². The van der Waals surface area contributed by atoms with Gasteiger partial charge in [0.15, 0.2) is 6.10 Å². The second kappa shape index (κ2) is 47.5. The van der Waals surface area contributed by atoms with Crippen molar-refractivity contribution in [3.05, 3.63) is 0 Å². The molecule has 0 saturated heterocycles. The van der Waals surface area contributed by atoms with Crippen LogP contribution in [0.1, 0.15) is 297 Å². The van der Waals surface area contributed by atoms with Crippen LogP contribution in [0.4, 0.5) is 0 Å². The molecule has 0 heterocycles. The summed E-state index contributed by atoms with van der Waals surface area (Å²) in [6, 6.07) is 0. The average molecular weight is 835 g/mol. The molecule has 0 radical (unpaired) electrons. The Morgan fingerprint density at radius 1 is 0.322 bits per heavy atom. The van der Waals surface area contributed by atoms with Crippen molar-refractivity contribution in [3.63, 3.8) is 0 Å². The van der Waals surface area contributed by atoms with Gasteiger partial charge >= 0.3 is 17.9 Å². The van der Waals surface area contributed by atoms with Crippen LogP contribution in [0.2, 0.25) is 0 Å². The van der Waals surface area contributed by atoms with E-state index in [1.54, 1.807) is 0 Å². The van der Waals surface area contributed by atoms with Crippen LogP contribution in [-0.4, -0.2) is 37.2 Å². The summed E-state index contributed by atoms with van der Waals surface area (Å²) in [4.78, 5) is 37.9. The molecule has 0 spiro atoms. The Kier molecular flexibility index (Phi) is 46.2. The lowest BCUT2D eigenvalue weighted by atomic mass is 10.0. The predicted molar refractivity (Wildman–Crippen MR) is 252 cm³/mol. The molecule has 0 N–H and O–H groups in total. The van der Waals surface area contributed by atoms with Crippen molar-refractivity contribution in [1.29, 1.82) is 0 Å². The van der Waals surface area contributed by atoms with Crippen LogP contribution in [0.15, 0.2) is 0 Å². The normalized spacial score (nSPS) is 11.9. The van der Waals surface area contributed by atoms with Crippen molar-refractivity contribution in [2.75, 3.05) is 13.2 Å². The summed E-state index contributed by atoms with van der Waals surface area (Å²) < 4.78 is 16.8. The van der Waals surface area contributed by atoms with E-state index in [-0.39, 0.29) is 31.1 Å². The zero-order valence-electron chi connectivity index (χ0n) is 40.2. The largest absolute Gasteiger partial charge is 0.462 e. The van der Waals surface area contributed by atoms with E-state index in [4.69, 9.17) is 14.2 Å². The van der Waals surface area contributed by atoms with Crippen molar-refractivity contribution < 1.29 is 28.6 Å². The molecule has 0 aromatic rings. The van der Waals surface area contributed by atoms with Crippen LogP contribution in [0.5, 0.6) is 0 Å². The van der Waals surface area contributed by atoms with Gasteiger partial charge in [-0.3, -0.25) is 14.4 Å². The van der Waals surface area contributed by atoms with Crippen molar-refractivity contribution in [2.24, 2.45) is 5.92 Å². The van der Waals surface area contributed by atoms with Crippen molar-refractivity contribution in [3.8, 4) is 0 Å². The average Bonchev–Trinajstić information content (AvgIpc) is 3.22. The topological polar surface area (TPSA) is 78.9 Å². The monoisotopic (exact) mass is 835 g/mol. The third-order valence-electron chi connectivity index (χ3n) is 12.0. The second-order valence-corrected chi connectivity index (χ2v) is 18.6. The molecule has 6 heteroatoms. The minimum Gasteiger partial charge on any atom is -0.462 e. The van der Waals surface area contributed by atoms with E-state index in [0.29, 0.717) is 19.3 Å². The van der Waals surface area contributed by atoms with Gasteiger partial charge in [-0.25, -0.2) is 0 Å². The van der Waals surface area contributed by atoms with E-state index in [0.717, 1.165) is 63.7 Å². The zero-order valence-corrected chi connectivity index (χ0v) is 40.2. The molecule has 350 valence electrons. The predicted octanol–water partition coefficient (Wildman–Crippen LogP) is 17.1. The highest BCUT2D eigenvalue weighted by Gasteiger charge is 2.19. The molecular weight excluding hydrogens is 733 g/mol. The Hall–Kier alpha value is -1.59. The number of esters is 3. The Bertz CT molecular complexity index is 887. The first kappa shape index (κ1) is 57.4. The van der Waals surface area contributed by atoms with Gasteiger partial charge in [0.1, 0.15) is 13.2 Å². The minimum absolute atomic E-state index is 0.0626. The van der Waals surface area contributed by atoms with E-state index in [2.05, 4.69) is 27.7 Å². The van der Waals surface area contributed by atoms with Gasteiger partial charge in [-0.15, -0.1) is 0 Å². The number of carbonyl (C=O) groups is 3. The van der Waals surface area contributed by atoms with Crippen LogP contribution in [0, 0.1) is 5.92 Å². The molecule has 0 bridgehead atoms. The fraction of sp³-hybridized carbons (Fsp3) is 0.943. The summed E-state index contributed by atoms with van der Waals surface area (Å²) in [5.74, 6) is 0.00751. The van der Waals surface area contributed by atoms with E-state index >= 15 is 0 Å². The maximum Gasteiger partial charge on any atom is 0.306 e. The molecule has 0 aliphatic heterocycles. The lowest BCUT2D eigenvalue weighted by molar-refractivity contribution is -0.167. The summed E-state index contributed by atoms with van der Waals surface area (Å²) in [5.41, 5.74) is 0. The lowest BCUT2D eigenvalue weighted by Gasteiger charge is -2.18. The maximum atomic E-state index is 12.8. The Morgan fingerprint density at radius 2 is 0.559 bits per heavy atom. The van der Waals surface area contributed by atoms with Crippen molar-refractivity contribution in [1.82, 2.24) is 0 Å². The molecule has 0 fully saturated rings. The Labute approximate surface area is 368 Å². The smallest absolute Gasteiger partial charge is 0.306 e. The van der Waals surface area contributed by atoms with E-state index in [1.165, 1.54) is 193 Å². The summed E-state index contributed by atoms with van der Waals surface area (Å²) in [7, 11) is 0. The Balaban J connectivity index is 4.21. The highest BCUT2D eigenvalue weighted by molar-refractivity contribution is 5.71. The Morgan fingerprint density at radius 3 is 0.831 bits per heavy atom. The lowest BCUT2D eigenvalue weighted by Crippen LogP contribution is -2.30.